The highest BCUT2D eigenvalue weighted by Gasteiger charge is 2.15. The molecule has 2 N–H and O–H groups in total. The normalized spacial score (nSPS) is 12.8. The maximum Gasteiger partial charge on any atom is 0.271 e. The molecular formula is C21H21N3O2S. The molecule has 1 heterocycles. The molecule has 5 nitrogen and oxygen atoms in total. The Bertz CT molecular complexity index is 1030. The number of carbonyl (C=O) groups is 2. The van der Waals surface area contributed by atoms with Gasteiger partial charge in [0.2, 0.25) is 5.91 Å². The van der Waals surface area contributed by atoms with Crippen LogP contribution in [0.25, 0.3) is 10.9 Å². The average Bonchev–Trinajstić information content (AvgIpc) is 3.29. The highest BCUT2D eigenvalue weighted by atomic mass is 32.2. The van der Waals surface area contributed by atoms with Gasteiger partial charge >= 0.3 is 0 Å². The smallest absolute Gasteiger partial charge is 0.271 e. The van der Waals surface area contributed by atoms with E-state index in [-0.39, 0.29) is 17.6 Å². The summed E-state index contributed by atoms with van der Waals surface area (Å²) in [4.78, 5) is 25.6. The molecule has 1 aliphatic rings. The van der Waals surface area contributed by atoms with Crippen LogP contribution in [0.4, 0.5) is 0 Å². The lowest BCUT2D eigenvalue weighted by Gasteiger charge is -2.08. The van der Waals surface area contributed by atoms with Gasteiger partial charge < -0.3 is 4.57 Å². The number of amides is 2. The van der Waals surface area contributed by atoms with Gasteiger partial charge in [-0.1, -0.05) is 24.3 Å². The molecule has 4 rings (SSSR count). The number of thioether (sulfide) groups is 1. The van der Waals surface area contributed by atoms with E-state index in [4.69, 9.17) is 0 Å². The Morgan fingerprint density at radius 3 is 2.78 bits per heavy atom. The van der Waals surface area contributed by atoms with Crippen molar-refractivity contribution in [1.29, 1.82) is 0 Å². The summed E-state index contributed by atoms with van der Waals surface area (Å²) in [7, 11) is 1.89. The Balaban J connectivity index is 1.33. The fraction of sp³-hybridized carbons (Fsp3) is 0.238. The molecule has 2 amide bonds. The Morgan fingerprint density at radius 1 is 1.07 bits per heavy atom. The zero-order valence-electron chi connectivity index (χ0n) is 15.1. The average molecular weight is 379 g/mol. The molecule has 0 radical (unpaired) electrons. The van der Waals surface area contributed by atoms with E-state index in [0.717, 1.165) is 28.6 Å². The van der Waals surface area contributed by atoms with Crippen LogP contribution >= 0.6 is 11.8 Å². The molecule has 0 aliphatic heterocycles. The second kappa shape index (κ2) is 7.48. The third kappa shape index (κ3) is 3.71. The maximum absolute atomic E-state index is 12.4. The van der Waals surface area contributed by atoms with E-state index >= 15 is 0 Å². The molecule has 0 unspecified atom stereocenters. The topological polar surface area (TPSA) is 63.1 Å². The van der Waals surface area contributed by atoms with Gasteiger partial charge in [-0.3, -0.25) is 20.4 Å². The van der Waals surface area contributed by atoms with Gasteiger partial charge in [0.1, 0.15) is 0 Å². The molecule has 0 atom stereocenters. The molecule has 6 heteroatoms. The van der Waals surface area contributed by atoms with Gasteiger partial charge in [0.05, 0.1) is 11.3 Å². The summed E-state index contributed by atoms with van der Waals surface area (Å²) in [6.45, 7) is 0. The van der Waals surface area contributed by atoms with Crippen molar-refractivity contribution in [2.75, 3.05) is 5.75 Å². The predicted octanol–water partition coefficient (Wildman–Crippen LogP) is 3.22. The Morgan fingerprint density at radius 2 is 1.89 bits per heavy atom. The number of nitrogens with zero attached hydrogens (tertiary/aromatic N) is 1. The largest absolute Gasteiger partial charge is 0.350 e. The van der Waals surface area contributed by atoms with Crippen molar-refractivity contribution in [2.24, 2.45) is 7.05 Å². The summed E-state index contributed by atoms with van der Waals surface area (Å²) in [6, 6.07) is 14.1. The molecule has 0 saturated heterocycles. The summed E-state index contributed by atoms with van der Waals surface area (Å²) in [6.07, 6.45) is 5.26. The predicted molar refractivity (Wildman–Crippen MR) is 108 cm³/mol. The number of aryl methyl sites for hydroxylation is 3. The molecule has 27 heavy (non-hydrogen) atoms. The van der Waals surface area contributed by atoms with Crippen LogP contribution in [0.2, 0.25) is 0 Å². The first-order valence-electron chi connectivity index (χ1n) is 8.99. The second-order valence-corrected chi connectivity index (χ2v) is 7.79. The SMILES string of the molecule is Cn1cc(C(=O)NNC(=O)CSc2ccc3c(c2)CCC3)c2ccccc21. The lowest BCUT2D eigenvalue weighted by molar-refractivity contribution is -0.119. The zero-order chi connectivity index (χ0) is 18.8. The number of fused-ring (bicyclic) bond motifs is 2. The highest BCUT2D eigenvalue weighted by molar-refractivity contribution is 8.00. The van der Waals surface area contributed by atoms with Crippen molar-refractivity contribution in [2.45, 2.75) is 24.2 Å². The first kappa shape index (κ1) is 17.7. The molecular weight excluding hydrogens is 358 g/mol. The summed E-state index contributed by atoms with van der Waals surface area (Å²) in [5.74, 6) is -0.286. The summed E-state index contributed by atoms with van der Waals surface area (Å²) in [5, 5.41) is 0.860. The minimum atomic E-state index is -0.317. The standard InChI is InChI=1S/C21H21N3O2S/c1-24-12-18(17-7-2-3-8-19(17)24)21(26)23-22-20(25)13-27-16-10-9-14-5-4-6-15(14)11-16/h2-3,7-12H,4-6,13H2,1H3,(H,22,25)(H,23,26). The molecule has 0 spiro atoms. The second-order valence-electron chi connectivity index (χ2n) is 6.75. The first-order chi connectivity index (χ1) is 13.1. The van der Waals surface area contributed by atoms with Gasteiger partial charge in [0.25, 0.3) is 5.91 Å². The quantitative estimate of drug-likeness (QED) is 0.540. The Labute approximate surface area is 162 Å². The number of hydrazine groups is 1. The molecule has 0 fully saturated rings. The van der Waals surface area contributed by atoms with E-state index in [0.29, 0.717) is 5.56 Å². The van der Waals surface area contributed by atoms with Crippen LogP contribution in [0, 0.1) is 0 Å². The van der Waals surface area contributed by atoms with Gasteiger partial charge in [-0.05, 0) is 48.6 Å². The van der Waals surface area contributed by atoms with E-state index in [1.54, 1.807) is 6.20 Å². The number of rotatable bonds is 4. The van der Waals surface area contributed by atoms with E-state index in [9.17, 15) is 9.59 Å². The molecule has 1 aliphatic carbocycles. The van der Waals surface area contributed by atoms with Crippen molar-refractivity contribution in [3.8, 4) is 0 Å². The lowest BCUT2D eigenvalue weighted by Crippen LogP contribution is -2.42. The summed E-state index contributed by atoms with van der Waals surface area (Å²) < 4.78 is 1.90. The van der Waals surface area contributed by atoms with Crippen LogP contribution in [0.1, 0.15) is 27.9 Å². The van der Waals surface area contributed by atoms with Crippen LogP contribution in [0.5, 0.6) is 0 Å². The molecule has 0 bridgehead atoms. The van der Waals surface area contributed by atoms with Gasteiger partial charge in [0, 0.05) is 29.0 Å². The van der Waals surface area contributed by atoms with Crippen molar-refractivity contribution in [3.63, 3.8) is 0 Å². The maximum atomic E-state index is 12.4. The van der Waals surface area contributed by atoms with Crippen molar-refractivity contribution >= 4 is 34.5 Å². The van der Waals surface area contributed by atoms with E-state index in [1.807, 2.05) is 35.9 Å². The number of carbonyl (C=O) groups excluding carboxylic acids is 2. The van der Waals surface area contributed by atoms with Gasteiger partial charge in [-0.2, -0.15) is 0 Å². The van der Waals surface area contributed by atoms with E-state index in [1.165, 1.54) is 29.3 Å². The zero-order valence-corrected chi connectivity index (χ0v) is 15.9. The lowest BCUT2D eigenvalue weighted by atomic mass is 10.1. The number of benzene rings is 2. The summed E-state index contributed by atoms with van der Waals surface area (Å²) >= 11 is 1.48. The molecule has 3 aromatic rings. The van der Waals surface area contributed by atoms with Crippen LogP contribution < -0.4 is 10.9 Å². The Kier molecular flexibility index (Phi) is 4.90. The monoisotopic (exact) mass is 379 g/mol. The van der Waals surface area contributed by atoms with Gasteiger partial charge in [0.15, 0.2) is 0 Å². The number of aromatic nitrogens is 1. The minimum Gasteiger partial charge on any atom is -0.350 e. The molecule has 1 aromatic heterocycles. The molecule has 138 valence electrons. The van der Waals surface area contributed by atoms with Crippen molar-refractivity contribution in [1.82, 2.24) is 15.4 Å². The van der Waals surface area contributed by atoms with E-state index < -0.39 is 0 Å². The Hall–Kier alpha value is -2.73. The minimum absolute atomic E-state index is 0.228. The van der Waals surface area contributed by atoms with Crippen LogP contribution in [0.15, 0.2) is 53.6 Å². The van der Waals surface area contributed by atoms with E-state index in [2.05, 4.69) is 29.1 Å². The number of nitrogens with one attached hydrogen (secondary N) is 2. The molecule has 0 saturated carbocycles. The molecule has 2 aromatic carbocycles. The fourth-order valence-electron chi connectivity index (χ4n) is 3.54. The highest BCUT2D eigenvalue weighted by Crippen LogP contribution is 2.27. The van der Waals surface area contributed by atoms with Crippen LogP contribution in [-0.4, -0.2) is 22.1 Å². The number of hydrogen-bond acceptors (Lipinski definition) is 3. The van der Waals surface area contributed by atoms with Gasteiger partial charge in [-0.25, -0.2) is 0 Å². The third-order valence-electron chi connectivity index (χ3n) is 4.90. The number of hydrogen-bond donors (Lipinski definition) is 2. The van der Waals surface area contributed by atoms with Gasteiger partial charge in [-0.15, -0.1) is 11.8 Å². The van der Waals surface area contributed by atoms with Crippen molar-refractivity contribution in [3.05, 3.63) is 65.4 Å². The van der Waals surface area contributed by atoms with Crippen LogP contribution in [-0.2, 0) is 24.7 Å². The number of para-hydroxylation sites is 1. The summed E-state index contributed by atoms with van der Waals surface area (Å²) in [5.41, 5.74) is 9.36. The first-order valence-corrected chi connectivity index (χ1v) is 9.98. The van der Waals surface area contributed by atoms with Crippen molar-refractivity contribution < 1.29 is 9.59 Å². The fourth-order valence-corrected chi connectivity index (χ4v) is 4.30. The third-order valence-corrected chi connectivity index (χ3v) is 5.89. The van der Waals surface area contributed by atoms with Crippen LogP contribution in [0.3, 0.4) is 0 Å².